The fourth-order valence-electron chi connectivity index (χ4n) is 2.82. The van der Waals surface area contributed by atoms with Gasteiger partial charge in [0.25, 0.3) is 21.9 Å². The molecule has 14 heteroatoms. The summed E-state index contributed by atoms with van der Waals surface area (Å²) >= 11 is 0. The van der Waals surface area contributed by atoms with Gasteiger partial charge in [-0.25, -0.2) is 4.79 Å². The number of carbonyl (C=O) groups excluding carboxylic acids is 5. The van der Waals surface area contributed by atoms with E-state index in [1.54, 1.807) is 19.0 Å². The molecule has 31 heavy (non-hydrogen) atoms. The number of likely N-dealkylation sites (N-methyl/N-ethyl adjacent to an activating group) is 1. The van der Waals surface area contributed by atoms with Crippen LogP contribution in [0.1, 0.15) is 39.0 Å². The molecule has 0 aromatic carbocycles. The molecule has 176 valence electrons. The highest BCUT2D eigenvalue weighted by Gasteiger charge is 2.48. The van der Waals surface area contributed by atoms with Crippen molar-refractivity contribution in [2.24, 2.45) is 0 Å². The van der Waals surface area contributed by atoms with Crippen molar-refractivity contribution < 1.29 is 41.8 Å². The van der Waals surface area contributed by atoms with E-state index in [1.165, 1.54) is 6.92 Å². The van der Waals surface area contributed by atoms with Gasteiger partial charge in [0.2, 0.25) is 11.8 Å². The van der Waals surface area contributed by atoms with Crippen LogP contribution in [-0.4, -0.2) is 91.0 Å². The van der Waals surface area contributed by atoms with Crippen LogP contribution in [-0.2, 0) is 38.9 Å². The van der Waals surface area contributed by atoms with Crippen LogP contribution in [0.25, 0.3) is 0 Å². The molecule has 0 spiro atoms. The molecular weight excluding hydrogens is 440 g/mol. The molecule has 0 aliphatic carbocycles. The molecule has 0 aromatic heterocycles. The van der Waals surface area contributed by atoms with Crippen LogP contribution >= 0.6 is 0 Å². The van der Waals surface area contributed by atoms with Gasteiger partial charge in [0, 0.05) is 20.0 Å². The Morgan fingerprint density at radius 3 is 2.35 bits per heavy atom. The fraction of sp³-hybridized carbons (Fsp3) is 0.706. The summed E-state index contributed by atoms with van der Waals surface area (Å²) in [7, 11) is -1.35. The van der Waals surface area contributed by atoms with Gasteiger partial charge in [-0.1, -0.05) is 0 Å². The number of carbonyl (C=O) groups is 5. The number of unbranched alkanes of at least 4 members (excludes halogenated alkanes) is 1. The van der Waals surface area contributed by atoms with Crippen molar-refractivity contribution in [3.8, 4) is 0 Å². The number of rotatable bonds is 12. The number of hydrogen-bond donors (Lipinski definition) is 3. The number of nitrogens with one attached hydrogen (secondary N) is 2. The van der Waals surface area contributed by atoms with Crippen molar-refractivity contribution in [1.82, 2.24) is 20.6 Å². The fourth-order valence-corrected chi connectivity index (χ4v) is 3.52. The summed E-state index contributed by atoms with van der Waals surface area (Å²) < 4.78 is 31.1. The molecule has 3 N–H and O–H groups in total. The van der Waals surface area contributed by atoms with Crippen LogP contribution in [0.5, 0.6) is 0 Å². The van der Waals surface area contributed by atoms with E-state index in [9.17, 15) is 32.4 Å². The maximum absolute atomic E-state index is 12.4. The van der Waals surface area contributed by atoms with Gasteiger partial charge < -0.3 is 15.5 Å². The Kier molecular flexibility index (Phi) is 10.00. The molecular formula is C17H28N4O9S. The predicted molar refractivity (Wildman–Crippen MR) is 106 cm³/mol. The quantitative estimate of drug-likeness (QED) is 0.0972. The number of hydroxylamine groups is 2. The molecule has 1 fully saturated rings. The summed E-state index contributed by atoms with van der Waals surface area (Å²) in [5, 5.41) is 3.24. The second-order valence-electron chi connectivity index (χ2n) is 7.20. The van der Waals surface area contributed by atoms with E-state index >= 15 is 0 Å². The highest BCUT2D eigenvalue weighted by molar-refractivity contribution is 7.87. The molecule has 4 amide bonds. The largest absolute Gasteiger partial charge is 0.356 e. The molecule has 1 aliphatic heterocycles. The molecule has 1 saturated heterocycles. The van der Waals surface area contributed by atoms with Gasteiger partial charge in [-0.15, -0.1) is 5.06 Å². The van der Waals surface area contributed by atoms with Gasteiger partial charge >= 0.3 is 5.97 Å². The van der Waals surface area contributed by atoms with Gasteiger partial charge in [-0.05, 0) is 33.4 Å². The van der Waals surface area contributed by atoms with Crippen LogP contribution in [0.4, 0.5) is 0 Å². The zero-order valence-corrected chi connectivity index (χ0v) is 18.4. The summed E-state index contributed by atoms with van der Waals surface area (Å²) in [6.07, 6.45) is 0.714. The summed E-state index contributed by atoms with van der Waals surface area (Å²) in [5.41, 5.74) is 0. The Morgan fingerprint density at radius 1 is 1.19 bits per heavy atom. The van der Waals surface area contributed by atoms with E-state index in [-0.39, 0.29) is 29.8 Å². The van der Waals surface area contributed by atoms with Crippen molar-refractivity contribution in [3.05, 3.63) is 0 Å². The highest BCUT2D eigenvalue weighted by atomic mass is 32.2. The third-order valence-corrected chi connectivity index (χ3v) is 5.53. The van der Waals surface area contributed by atoms with Crippen LogP contribution in [0.15, 0.2) is 0 Å². The van der Waals surface area contributed by atoms with Crippen molar-refractivity contribution in [2.75, 3.05) is 27.2 Å². The Balaban J connectivity index is 2.44. The van der Waals surface area contributed by atoms with Crippen molar-refractivity contribution in [2.45, 2.75) is 50.3 Å². The topological polar surface area (TPSA) is 179 Å². The van der Waals surface area contributed by atoms with Gasteiger partial charge in [-0.2, -0.15) is 8.42 Å². The molecule has 1 rings (SSSR count). The minimum Gasteiger partial charge on any atom is -0.356 e. The summed E-state index contributed by atoms with van der Waals surface area (Å²) in [4.78, 5) is 64.8. The minimum absolute atomic E-state index is 0.0142. The molecule has 13 nitrogen and oxygen atoms in total. The first kappa shape index (κ1) is 26.5. The van der Waals surface area contributed by atoms with E-state index in [0.29, 0.717) is 25.8 Å². The lowest BCUT2D eigenvalue weighted by Gasteiger charge is -2.23. The zero-order valence-electron chi connectivity index (χ0n) is 17.6. The van der Waals surface area contributed by atoms with Gasteiger partial charge in [0.05, 0.1) is 18.9 Å². The number of hydrogen-bond acceptors (Lipinski definition) is 9. The molecule has 1 aliphatic rings. The monoisotopic (exact) mass is 468 g/mol. The first-order chi connectivity index (χ1) is 14.3. The summed E-state index contributed by atoms with van der Waals surface area (Å²) in [5.74, 6) is -3.92. The third kappa shape index (κ3) is 8.59. The average Bonchev–Trinajstić information content (AvgIpc) is 2.92. The van der Waals surface area contributed by atoms with E-state index in [1.807, 2.05) is 0 Å². The number of nitrogens with zero attached hydrogens (tertiary/aromatic N) is 2. The standard InChI is InChI=1S/C17H28N4O9S/c1-11(22)18-8-5-4-6-12(20(2)3)16(25)19-9-7-15(24)30-21-14(23)10-13(17(21)26)31(27,28)29/h12-13H,4-10H2,1-3H3,(H,18,22)(H,19,25)(H,27,28,29)/i1+1,2+1,11+1,19+1. The average molecular weight is 468 g/mol. The smallest absolute Gasteiger partial charge is 0.334 e. The van der Waals surface area contributed by atoms with Gasteiger partial charge in [-0.3, -0.25) is 28.6 Å². The normalized spacial score (nSPS) is 17.6. The number of imide groups is 1. The lowest BCUT2D eigenvalue weighted by atomic mass is 10.1. The third-order valence-electron chi connectivity index (χ3n) is 4.45. The maximum atomic E-state index is 12.4. The van der Waals surface area contributed by atoms with E-state index in [0.717, 1.165) is 0 Å². The highest BCUT2D eigenvalue weighted by Crippen LogP contribution is 2.19. The van der Waals surface area contributed by atoms with Crippen molar-refractivity contribution in [3.63, 3.8) is 0 Å². The maximum Gasteiger partial charge on any atom is 0.334 e. The predicted octanol–water partition coefficient (Wildman–Crippen LogP) is -1.80. The SMILES string of the molecule is CN([13CH3])C(CCCCN[13C]([13CH3])=O)C(=O)[15NH]CCC(=O)ON1C(=O)CC(S(=O)(=O)O)C1=O. The molecule has 2 unspecified atom stereocenters. The van der Waals surface area contributed by atoms with E-state index in [4.69, 9.17) is 4.55 Å². The lowest BCUT2D eigenvalue weighted by molar-refractivity contribution is -0.197. The minimum atomic E-state index is -4.80. The Bertz CT molecular complexity index is 812. The second kappa shape index (κ2) is 11.7. The van der Waals surface area contributed by atoms with Crippen molar-refractivity contribution in [1.29, 1.82) is 0 Å². The van der Waals surface area contributed by atoms with Gasteiger partial charge in [0.15, 0.2) is 5.25 Å². The Morgan fingerprint density at radius 2 is 1.84 bits per heavy atom. The molecule has 1 heterocycles. The van der Waals surface area contributed by atoms with Gasteiger partial charge in [0.1, 0.15) is 0 Å². The molecule has 0 radical (unpaired) electrons. The van der Waals surface area contributed by atoms with E-state index in [2.05, 4.69) is 15.5 Å². The molecule has 0 aromatic rings. The zero-order chi connectivity index (χ0) is 23.8. The second-order valence-corrected chi connectivity index (χ2v) is 8.80. The van der Waals surface area contributed by atoms with Crippen LogP contribution in [0, 0.1) is 0 Å². The molecule has 0 bridgehead atoms. The summed E-state index contributed by atoms with van der Waals surface area (Å²) in [6, 6.07) is -0.467. The van der Waals surface area contributed by atoms with Crippen LogP contribution in [0.2, 0.25) is 0 Å². The Labute approximate surface area is 180 Å². The Hall–Kier alpha value is -2.58. The van der Waals surface area contributed by atoms with Crippen LogP contribution in [0.3, 0.4) is 0 Å². The number of amides is 4. The van der Waals surface area contributed by atoms with Crippen LogP contribution < -0.4 is 10.6 Å². The first-order valence-corrected chi connectivity index (χ1v) is 11.1. The summed E-state index contributed by atoms with van der Waals surface area (Å²) in [6.45, 7) is 1.80. The van der Waals surface area contributed by atoms with Crippen molar-refractivity contribution >= 4 is 39.7 Å². The lowest BCUT2D eigenvalue weighted by Crippen LogP contribution is -2.44. The molecule has 2 atom stereocenters. The van der Waals surface area contributed by atoms with E-state index < -0.39 is 45.6 Å². The first-order valence-electron chi connectivity index (χ1n) is 9.57. The molecule has 0 saturated carbocycles.